The molecule has 0 bridgehead atoms. The van der Waals surface area contributed by atoms with Crippen molar-refractivity contribution in [1.82, 2.24) is 14.7 Å². The second-order valence-electron chi connectivity index (χ2n) is 5.11. The third-order valence-corrected chi connectivity index (χ3v) is 3.98. The van der Waals surface area contributed by atoms with E-state index in [2.05, 4.69) is 52.0 Å². The zero-order valence-corrected chi connectivity index (χ0v) is 12.0. The van der Waals surface area contributed by atoms with Gasteiger partial charge in [0.25, 0.3) is 0 Å². The quantitative estimate of drug-likeness (QED) is 0.903. The summed E-state index contributed by atoms with van der Waals surface area (Å²) >= 11 is 1.44. The smallest absolute Gasteiger partial charge is 0.207 e. The molecule has 1 aliphatic rings. The van der Waals surface area contributed by atoms with Gasteiger partial charge in [-0.3, -0.25) is 0 Å². The van der Waals surface area contributed by atoms with Crippen LogP contribution in [0.4, 0.5) is 10.8 Å². The van der Waals surface area contributed by atoms with E-state index in [4.69, 9.17) is 0 Å². The monoisotopic (exact) mass is 274 g/mol. The summed E-state index contributed by atoms with van der Waals surface area (Å²) in [6.07, 6.45) is 1.06. The Bertz CT molecular complexity index is 577. The van der Waals surface area contributed by atoms with Gasteiger partial charge in [0, 0.05) is 29.7 Å². The highest BCUT2D eigenvalue weighted by atomic mass is 32.1. The second-order valence-corrected chi connectivity index (χ2v) is 5.86. The molecule has 0 atom stereocenters. The molecule has 100 valence electrons. The molecular formula is C14H18N4S. The van der Waals surface area contributed by atoms with Crippen LogP contribution in [-0.4, -0.2) is 15.9 Å². The van der Waals surface area contributed by atoms with E-state index < -0.39 is 0 Å². The second kappa shape index (κ2) is 5.27. The third kappa shape index (κ3) is 2.62. The first kappa shape index (κ1) is 12.6. The highest BCUT2D eigenvalue weighted by Crippen LogP contribution is 2.27. The molecule has 0 fully saturated rings. The molecule has 5 heteroatoms. The number of hydrogen-bond acceptors (Lipinski definition) is 5. The molecule has 2 aromatic rings. The normalized spacial score (nSPS) is 14.5. The fourth-order valence-corrected chi connectivity index (χ4v) is 3.01. The predicted octanol–water partition coefficient (Wildman–Crippen LogP) is 3.05. The Morgan fingerprint density at radius 2 is 2.26 bits per heavy atom. The first-order chi connectivity index (χ1) is 9.24. The van der Waals surface area contributed by atoms with Crippen LogP contribution in [-0.2, 0) is 13.0 Å². The van der Waals surface area contributed by atoms with Gasteiger partial charge >= 0.3 is 0 Å². The van der Waals surface area contributed by atoms with Gasteiger partial charge in [-0.15, -0.1) is 0 Å². The van der Waals surface area contributed by atoms with Crippen molar-refractivity contribution in [2.45, 2.75) is 32.7 Å². The molecule has 0 saturated heterocycles. The third-order valence-electron chi connectivity index (χ3n) is 3.34. The number of benzene rings is 1. The first-order valence-electron chi connectivity index (χ1n) is 6.66. The fraction of sp³-hybridized carbons (Fsp3) is 0.429. The Hall–Kier alpha value is -1.46. The highest BCUT2D eigenvalue weighted by Gasteiger charge is 2.14. The summed E-state index contributed by atoms with van der Waals surface area (Å²) in [5, 5.41) is 7.71. The molecular weight excluding hydrogens is 256 g/mol. The molecule has 1 aromatic carbocycles. The van der Waals surface area contributed by atoms with E-state index in [1.165, 1.54) is 28.3 Å². The Morgan fingerprint density at radius 3 is 3.05 bits per heavy atom. The van der Waals surface area contributed by atoms with Crippen molar-refractivity contribution in [1.29, 1.82) is 0 Å². The van der Waals surface area contributed by atoms with Crippen molar-refractivity contribution in [3.8, 4) is 0 Å². The van der Waals surface area contributed by atoms with Gasteiger partial charge in [-0.2, -0.15) is 4.37 Å². The van der Waals surface area contributed by atoms with Gasteiger partial charge in [-0.1, -0.05) is 26.0 Å². The molecule has 0 radical (unpaired) electrons. The Kier molecular flexibility index (Phi) is 3.48. The van der Waals surface area contributed by atoms with Gasteiger partial charge in [0.2, 0.25) is 5.13 Å². The van der Waals surface area contributed by atoms with Gasteiger partial charge in [-0.05, 0) is 30.2 Å². The van der Waals surface area contributed by atoms with Crippen molar-refractivity contribution in [3.05, 3.63) is 35.2 Å². The van der Waals surface area contributed by atoms with Gasteiger partial charge in [0.05, 0.1) is 0 Å². The molecule has 1 aliphatic heterocycles. The molecule has 2 N–H and O–H groups in total. The van der Waals surface area contributed by atoms with E-state index in [1.54, 1.807) is 0 Å². The zero-order chi connectivity index (χ0) is 13.2. The van der Waals surface area contributed by atoms with Crippen molar-refractivity contribution in [2.75, 3.05) is 11.9 Å². The minimum absolute atomic E-state index is 0.376. The number of anilines is 2. The van der Waals surface area contributed by atoms with Crippen LogP contribution in [0, 0.1) is 0 Å². The maximum absolute atomic E-state index is 4.53. The average Bonchev–Trinajstić information content (AvgIpc) is 2.88. The average molecular weight is 274 g/mol. The first-order valence-corrected chi connectivity index (χ1v) is 7.43. The van der Waals surface area contributed by atoms with Crippen LogP contribution in [0.2, 0.25) is 0 Å². The molecule has 19 heavy (non-hydrogen) atoms. The highest BCUT2D eigenvalue weighted by molar-refractivity contribution is 7.09. The summed E-state index contributed by atoms with van der Waals surface area (Å²) in [4.78, 5) is 4.53. The van der Waals surface area contributed by atoms with E-state index in [1.807, 2.05) is 0 Å². The van der Waals surface area contributed by atoms with Crippen LogP contribution in [0.1, 0.15) is 36.7 Å². The molecule has 0 spiro atoms. The summed E-state index contributed by atoms with van der Waals surface area (Å²) in [6, 6.07) is 6.41. The van der Waals surface area contributed by atoms with Gasteiger partial charge in [0.1, 0.15) is 5.82 Å². The van der Waals surface area contributed by atoms with Gasteiger partial charge in [0.15, 0.2) is 0 Å². The molecule has 0 aliphatic carbocycles. The lowest BCUT2D eigenvalue weighted by Crippen LogP contribution is -2.24. The summed E-state index contributed by atoms with van der Waals surface area (Å²) in [7, 11) is 0. The molecule has 3 rings (SSSR count). The topological polar surface area (TPSA) is 49.8 Å². The minimum atomic E-state index is 0.376. The standard InChI is InChI=1S/C14H18N4S/c1-9(2)13-17-14(19-18-13)16-12-5-3-4-10-8-15-7-6-11(10)12/h3-5,9,15H,6-8H2,1-2H3,(H,16,17,18). The summed E-state index contributed by atoms with van der Waals surface area (Å²) < 4.78 is 4.38. The maximum atomic E-state index is 4.53. The maximum Gasteiger partial charge on any atom is 0.207 e. The van der Waals surface area contributed by atoms with Gasteiger partial charge < -0.3 is 10.6 Å². The SMILES string of the molecule is CC(C)c1nsc(Nc2cccc3c2CCNC3)n1. The van der Waals surface area contributed by atoms with E-state index in [9.17, 15) is 0 Å². The van der Waals surface area contributed by atoms with Crippen molar-refractivity contribution in [3.63, 3.8) is 0 Å². The molecule has 0 unspecified atom stereocenters. The molecule has 2 heterocycles. The Morgan fingerprint density at radius 1 is 1.37 bits per heavy atom. The molecule has 4 nitrogen and oxygen atoms in total. The van der Waals surface area contributed by atoms with Crippen LogP contribution < -0.4 is 10.6 Å². The lowest BCUT2D eigenvalue weighted by Gasteiger charge is -2.20. The van der Waals surface area contributed by atoms with Crippen molar-refractivity contribution in [2.24, 2.45) is 0 Å². The lowest BCUT2D eigenvalue weighted by atomic mass is 9.99. The van der Waals surface area contributed by atoms with E-state index in [-0.39, 0.29) is 0 Å². The summed E-state index contributed by atoms with van der Waals surface area (Å²) in [5.41, 5.74) is 3.96. The largest absolute Gasteiger partial charge is 0.330 e. The van der Waals surface area contributed by atoms with Crippen LogP contribution in [0.3, 0.4) is 0 Å². The molecule has 0 amide bonds. The van der Waals surface area contributed by atoms with E-state index in [0.29, 0.717) is 5.92 Å². The Balaban J connectivity index is 1.86. The fourth-order valence-electron chi connectivity index (χ4n) is 2.28. The lowest BCUT2D eigenvalue weighted by molar-refractivity contribution is 0.645. The Labute approximate surface area is 117 Å². The molecule has 0 saturated carbocycles. The number of hydrogen-bond donors (Lipinski definition) is 2. The predicted molar refractivity (Wildman–Crippen MR) is 79.1 cm³/mol. The van der Waals surface area contributed by atoms with Crippen LogP contribution in [0.5, 0.6) is 0 Å². The molecule has 1 aromatic heterocycles. The van der Waals surface area contributed by atoms with E-state index in [0.717, 1.165) is 30.5 Å². The van der Waals surface area contributed by atoms with Crippen LogP contribution in [0.15, 0.2) is 18.2 Å². The number of nitrogens with one attached hydrogen (secondary N) is 2. The number of fused-ring (bicyclic) bond motifs is 1. The van der Waals surface area contributed by atoms with Gasteiger partial charge in [-0.25, -0.2) is 4.98 Å². The summed E-state index contributed by atoms with van der Waals surface area (Å²) in [5.74, 6) is 1.29. The number of rotatable bonds is 3. The van der Waals surface area contributed by atoms with E-state index >= 15 is 0 Å². The number of nitrogens with zero attached hydrogens (tertiary/aromatic N) is 2. The number of aromatic nitrogens is 2. The van der Waals surface area contributed by atoms with Crippen molar-refractivity contribution < 1.29 is 0 Å². The zero-order valence-electron chi connectivity index (χ0n) is 11.2. The summed E-state index contributed by atoms with van der Waals surface area (Å²) in [6.45, 7) is 6.22. The van der Waals surface area contributed by atoms with Crippen LogP contribution >= 0.6 is 11.5 Å². The van der Waals surface area contributed by atoms with Crippen LogP contribution in [0.25, 0.3) is 0 Å². The van der Waals surface area contributed by atoms with Crippen molar-refractivity contribution >= 4 is 22.4 Å². The minimum Gasteiger partial charge on any atom is -0.330 e.